The summed E-state index contributed by atoms with van der Waals surface area (Å²) in [7, 11) is 0. The average molecular weight is 183 g/mol. The maximum absolute atomic E-state index is 12.5. The SMILES string of the molecule is C[CH]C(O)(CF)c1cnc(C)cn1. The third-order valence-corrected chi connectivity index (χ3v) is 1.91. The molecule has 1 aromatic rings. The summed E-state index contributed by atoms with van der Waals surface area (Å²) in [5.41, 5.74) is -0.620. The lowest BCUT2D eigenvalue weighted by Gasteiger charge is -2.21. The quantitative estimate of drug-likeness (QED) is 0.765. The van der Waals surface area contributed by atoms with E-state index in [0.29, 0.717) is 0 Å². The molecule has 0 amide bonds. The van der Waals surface area contributed by atoms with Gasteiger partial charge in [0.15, 0.2) is 0 Å². The monoisotopic (exact) mass is 183 g/mol. The van der Waals surface area contributed by atoms with E-state index in [2.05, 4.69) is 9.97 Å². The molecule has 0 spiro atoms. The Kier molecular flexibility index (Phi) is 2.93. The van der Waals surface area contributed by atoms with E-state index in [1.54, 1.807) is 13.8 Å². The summed E-state index contributed by atoms with van der Waals surface area (Å²) in [6.07, 6.45) is 4.25. The van der Waals surface area contributed by atoms with Gasteiger partial charge in [0, 0.05) is 6.20 Å². The Bertz CT molecular complexity index is 269. The lowest BCUT2D eigenvalue weighted by Crippen LogP contribution is -2.29. The molecule has 0 fully saturated rings. The van der Waals surface area contributed by atoms with Crippen molar-refractivity contribution in [1.82, 2.24) is 9.97 Å². The van der Waals surface area contributed by atoms with E-state index in [1.165, 1.54) is 18.8 Å². The molecular weight excluding hydrogens is 171 g/mol. The number of hydrogen-bond acceptors (Lipinski definition) is 3. The molecule has 0 aromatic carbocycles. The van der Waals surface area contributed by atoms with Crippen molar-refractivity contribution >= 4 is 0 Å². The molecule has 3 nitrogen and oxygen atoms in total. The van der Waals surface area contributed by atoms with Gasteiger partial charge in [-0.15, -0.1) is 0 Å². The van der Waals surface area contributed by atoms with E-state index in [4.69, 9.17) is 0 Å². The second-order valence-corrected chi connectivity index (χ2v) is 2.89. The fourth-order valence-electron chi connectivity index (χ4n) is 0.910. The molecule has 0 aliphatic rings. The predicted molar refractivity (Wildman–Crippen MR) is 46.6 cm³/mol. The molecule has 0 saturated heterocycles. The summed E-state index contributed by atoms with van der Waals surface area (Å²) in [6.45, 7) is 2.48. The topological polar surface area (TPSA) is 46.0 Å². The Labute approximate surface area is 76.7 Å². The Balaban J connectivity index is 2.99. The number of aromatic nitrogens is 2. The molecular formula is C9H12FN2O. The summed E-state index contributed by atoms with van der Waals surface area (Å²) in [4.78, 5) is 7.84. The van der Waals surface area contributed by atoms with Crippen molar-refractivity contribution in [2.45, 2.75) is 19.4 Å². The van der Waals surface area contributed by atoms with E-state index in [9.17, 15) is 9.50 Å². The van der Waals surface area contributed by atoms with Crippen LogP contribution >= 0.6 is 0 Å². The van der Waals surface area contributed by atoms with Crippen molar-refractivity contribution in [3.8, 4) is 0 Å². The first kappa shape index (κ1) is 10.1. The van der Waals surface area contributed by atoms with Crippen LogP contribution in [0.25, 0.3) is 0 Å². The second-order valence-electron chi connectivity index (χ2n) is 2.89. The van der Waals surface area contributed by atoms with Gasteiger partial charge in [0.1, 0.15) is 12.3 Å². The zero-order valence-electron chi connectivity index (χ0n) is 7.66. The van der Waals surface area contributed by atoms with Gasteiger partial charge in [-0.1, -0.05) is 6.92 Å². The Morgan fingerprint density at radius 1 is 1.54 bits per heavy atom. The molecule has 13 heavy (non-hydrogen) atoms. The van der Waals surface area contributed by atoms with Gasteiger partial charge in [-0.3, -0.25) is 9.97 Å². The van der Waals surface area contributed by atoms with Crippen LogP contribution in [0.5, 0.6) is 0 Å². The van der Waals surface area contributed by atoms with Gasteiger partial charge in [-0.25, -0.2) is 4.39 Å². The van der Waals surface area contributed by atoms with Crippen LogP contribution in [0.3, 0.4) is 0 Å². The summed E-state index contributed by atoms with van der Waals surface area (Å²) in [5, 5.41) is 9.66. The standard InChI is InChI=1S/C9H12FN2O/c1-3-9(13,6-10)8-5-11-7(2)4-12-8/h3-5,13H,6H2,1-2H3. The van der Waals surface area contributed by atoms with Crippen LogP contribution in [0.1, 0.15) is 18.3 Å². The lowest BCUT2D eigenvalue weighted by molar-refractivity contribution is 0.0393. The van der Waals surface area contributed by atoms with Crippen LogP contribution in [-0.4, -0.2) is 21.7 Å². The molecule has 0 aliphatic heterocycles. The van der Waals surface area contributed by atoms with Gasteiger partial charge in [0.2, 0.25) is 0 Å². The Morgan fingerprint density at radius 3 is 2.62 bits per heavy atom. The summed E-state index contributed by atoms with van der Waals surface area (Å²) in [5.74, 6) is 0. The van der Waals surface area contributed by atoms with Gasteiger partial charge < -0.3 is 5.11 Å². The maximum atomic E-state index is 12.5. The minimum absolute atomic E-state index is 0.239. The number of rotatable bonds is 3. The highest BCUT2D eigenvalue weighted by atomic mass is 19.1. The number of aryl methyl sites for hydroxylation is 1. The first-order valence-corrected chi connectivity index (χ1v) is 4.00. The molecule has 1 aromatic heterocycles. The minimum Gasteiger partial charge on any atom is -0.380 e. The lowest BCUT2D eigenvalue weighted by atomic mass is 9.99. The molecule has 1 atom stereocenters. The largest absolute Gasteiger partial charge is 0.380 e. The van der Waals surface area contributed by atoms with Gasteiger partial charge in [0.05, 0.1) is 17.6 Å². The normalized spacial score (nSPS) is 15.4. The minimum atomic E-state index is -1.60. The van der Waals surface area contributed by atoms with E-state index in [0.717, 1.165) is 5.69 Å². The second kappa shape index (κ2) is 3.79. The highest BCUT2D eigenvalue weighted by molar-refractivity contribution is 5.14. The number of alkyl halides is 1. The molecule has 1 radical (unpaired) electrons. The fraction of sp³-hybridized carbons (Fsp3) is 0.444. The molecule has 1 unspecified atom stereocenters. The highest BCUT2D eigenvalue weighted by Gasteiger charge is 2.29. The third-order valence-electron chi connectivity index (χ3n) is 1.91. The first-order chi connectivity index (χ1) is 6.12. The van der Waals surface area contributed by atoms with Crippen LogP contribution in [-0.2, 0) is 5.60 Å². The molecule has 1 heterocycles. The molecule has 0 aliphatic carbocycles. The smallest absolute Gasteiger partial charge is 0.139 e. The van der Waals surface area contributed by atoms with Crippen molar-refractivity contribution in [2.24, 2.45) is 0 Å². The average Bonchev–Trinajstić information content (AvgIpc) is 2.18. The van der Waals surface area contributed by atoms with Crippen molar-refractivity contribution in [2.75, 3.05) is 6.67 Å². The molecule has 1 N–H and O–H groups in total. The number of halogens is 1. The van der Waals surface area contributed by atoms with Gasteiger partial charge >= 0.3 is 0 Å². The van der Waals surface area contributed by atoms with Crippen molar-refractivity contribution in [3.05, 3.63) is 30.2 Å². The predicted octanol–water partition coefficient (Wildman–Crippen LogP) is 1.17. The third kappa shape index (κ3) is 2.01. The Hall–Kier alpha value is -1.03. The van der Waals surface area contributed by atoms with Gasteiger partial charge in [0.25, 0.3) is 0 Å². The summed E-state index contributed by atoms with van der Waals surface area (Å²) >= 11 is 0. The van der Waals surface area contributed by atoms with Crippen LogP contribution < -0.4 is 0 Å². The Morgan fingerprint density at radius 2 is 2.23 bits per heavy atom. The van der Waals surface area contributed by atoms with Crippen LogP contribution in [0.15, 0.2) is 12.4 Å². The highest BCUT2D eigenvalue weighted by Crippen LogP contribution is 2.21. The van der Waals surface area contributed by atoms with Crippen LogP contribution in [0.2, 0.25) is 0 Å². The zero-order valence-corrected chi connectivity index (χ0v) is 7.66. The van der Waals surface area contributed by atoms with Gasteiger partial charge in [-0.2, -0.15) is 0 Å². The van der Waals surface area contributed by atoms with Crippen molar-refractivity contribution < 1.29 is 9.50 Å². The van der Waals surface area contributed by atoms with Crippen molar-refractivity contribution in [1.29, 1.82) is 0 Å². The summed E-state index contributed by atoms with van der Waals surface area (Å²) in [6, 6.07) is 0. The number of aliphatic hydroxyl groups is 1. The van der Waals surface area contributed by atoms with Gasteiger partial charge in [-0.05, 0) is 13.3 Å². The fourth-order valence-corrected chi connectivity index (χ4v) is 0.910. The van der Waals surface area contributed by atoms with Crippen LogP contribution in [0.4, 0.5) is 4.39 Å². The van der Waals surface area contributed by atoms with Crippen molar-refractivity contribution in [3.63, 3.8) is 0 Å². The van der Waals surface area contributed by atoms with Crippen LogP contribution in [0, 0.1) is 13.3 Å². The first-order valence-electron chi connectivity index (χ1n) is 4.00. The number of nitrogens with zero attached hydrogens (tertiary/aromatic N) is 2. The zero-order chi connectivity index (χ0) is 9.90. The molecule has 1 rings (SSSR count). The summed E-state index contributed by atoms with van der Waals surface area (Å²) < 4.78 is 12.5. The molecule has 4 heteroatoms. The molecule has 0 saturated carbocycles. The number of hydrogen-bond donors (Lipinski definition) is 1. The van der Waals surface area contributed by atoms with E-state index >= 15 is 0 Å². The van der Waals surface area contributed by atoms with E-state index in [1.807, 2.05) is 0 Å². The maximum Gasteiger partial charge on any atom is 0.139 e. The molecule has 71 valence electrons. The molecule has 0 bridgehead atoms. The van der Waals surface area contributed by atoms with E-state index < -0.39 is 12.3 Å². The van der Waals surface area contributed by atoms with E-state index in [-0.39, 0.29) is 5.69 Å².